The van der Waals surface area contributed by atoms with Crippen LogP contribution in [0.4, 0.5) is 5.82 Å². The third kappa shape index (κ3) is 2.70. The van der Waals surface area contributed by atoms with Crippen molar-refractivity contribution in [2.75, 3.05) is 5.32 Å². The van der Waals surface area contributed by atoms with Gasteiger partial charge in [0.25, 0.3) is 0 Å². The minimum absolute atomic E-state index is 0.641. The second-order valence-electron chi connectivity index (χ2n) is 3.24. The molecule has 1 N–H and O–H groups in total. The Labute approximate surface area is 92.9 Å². The van der Waals surface area contributed by atoms with Crippen molar-refractivity contribution in [2.45, 2.75) is 6.54 Å². The molecule has 0 unspecified atom stereocenters. The van der Waals surface area contributed by atoms with Gasteiger partial charge in [0.15, 0.2) is 0 Å². The molecular weight excluding hydrogens is 212 g/mol. The molecule has 0 spiro atoms. The first kappa shape index (κ1) is 9.98. The molecule has 0 aliphatic rings. The van der Waals surface area contributed by atoms with Crippen LogP contribution in [0.2, 0.25) is 5.02 Å². The van der Waals surface area contributed by atoms with Crippen LogP contribution in [-0.4, -0.2) is 14.8 Å². The highest BCUT2D eigenvalue weighted by atomic mass is 35.5. The highest BCUT2D eigenvalue weighted by molar-refractivity contribution is 6.30. The lowest BCUT2D eigenvalue weighted by molar-refractivity contribution is 0.767. The van der Waals surface area contributed by atoms with Crippen molar-refractivity contribution in [1.82, 2.24) is 14.8 Å². The molecule has 0 fully saturated rings. The third-order valence-corrected chi connectivity index (χ3v) is 2.18. The van der Waals surface area contributed by atoms with E-state index in [0.717, 1.165) is 11.4 Å². The number of pyridine rings is 1. The molecule has 2 aromatic rings. The molecule has 0 amide bonds. The largest absolute Gasteiger partial charge is 0.366 e. The molecule has 78 valence electrons. The van der Waals surface area contributed by atoms with E-state index in [1.54, 1.807) is 16.9 Å². The number of nitrogens with zero attached hydrogens (tertiary/aromatic N) is 3. The molecule has 4 nitrogen and oxygen atoms in total. The van der Waals surface area contributed by atoms with Crippen molar-refractivity contribution in [3.63, 3.8) is 0 Å². The van der Waals surface area contributed by atoms with Crippen LogP contribution in [0.25, 0.3) is 0 Å². The highest BCUT2D eigenvalue weighted by Gasteiger charge is 1.97. The van der Waals surface area contributed by atoms with Crippen LogP contribution < -0.4 is 5.32 Å². The Bertz CT molecular complexity index is 435. The number of hydrogen-bond donors (Lipinski definition) is 1. The molecule has 0 bridgehead atoms. The predicted molar refractivity (Wildman–Crippen MR) is 59.8 cm³/mol. The van der Waals surface area contributed by atoms with Crippen LogP contribution in [-0.2, 0) is 13.6 Å². The average molecular weight is 223 g/mol. The molecule has 5 heteroatoms. The first-order chi connectivity index (χ1) is 7.24. The fourth-order valence-corrected chi connectivity index (χ4v) is 1.35. The highest BCUT2D eigenvalue weighted by Crippen LogP contribution is 2.10. The first-order valence-electron chi connectivity index (χ1n) is 4.57. The van der Waals surface area contributed by atoms with Crippen LogP contribution in [0.1, 0.15) is 5.56 Å². The summed E-state index contributed by atoms with van der Waals surface area (Å²) in [6, 6.07) is 3.65. The maximum absolute atomic E-state index is 5.73. The summed E-state index contributed by atoms with van der Waals surface area (Å²) in [6.07, 6.45) is 5.40. The van der Waals surface area contributed by atoms with Gasteiger partial charge in [-0.3, -0.25) is 4.68 Å². The van der Waals surface area contributed by atoms with Crippen LogP contribution in [0.15, 0.2) is 30.7 Å². The Morgan fingerprint density at radius 1 is 1.40 bits per heavy atom. The van der Waals surface area contributed by atoms with Crippen molar-refractivity contribution < 1.29 is 0 Å². The van der Waals surface area contributed by atoms with Crippen LogP contribution in [0.3, 0.4) is 0 Å². The maximum Gasteiger partial charge on any atom is 0.126 e. The summed E-state index contributed by atoms with van der Waals surface area (Å²) in [5.74, 6) is 0.809. The van der Waals surface area contributed by atoms with Gasteiger partial charge in [-0.15, -0.1) is 0 Å². The predicted octanol–water partition coefficient (Wildman–Crippen LogP) is 2.08. The Kier molecular flexibility index (Phi) is 2.87. The number of nitrogens with one attached hydrogen (secondary N) is 1. The monoisotopic (exact) mass is 222 g/mol. The standard InChI is InChI=1S/C10H11ClN4/c1-15-7-8(5-14-15)4-12-10-3-2-9(11)6-13-10/h2-3,5-7H,4H2,1H3,(H,12,13). The average Bonchev–Trinajstić information content (AvgIpc) is 2.64. The molecule has 0 atom stereocenters. The van der Waals surface area contributed by atoms with Crippen LogP contribution >= 0.6 is 11.6 Å². The van der Waals surface area contributed by atoms with Gasteiger partial charge in [-0.1, -0.05) is 11.6 Å². The van der Waals surface area contributed by atoms with Crippen LogP contribution in [0, 0.1) is 0 Å². The Balaban J connectivity index is 1.96. The smallest absolute Gasteiger partial charge is 0.126 e. The molecule has 15 heavy (non-hydrogen) atoms. The van der Waals surface area contributed by atoms with Gasteiger partial charge in [0.1, 0.15) is 5.82 Å². The summed E-state index contributed by atoms with van der Waals surface area (Å²) >= 11 is 5.73. The number of aromatic nitrogens is 3. The van der Waals surface area contributed by atoms with Gasteiger partial charge in [0, 0.05) is 31.5 Å². The summed E-state index contributed by atoms with van der Waals surface area (Å²) < 4.78 is 1.77. The van der Waals surface area contributed by atoms with Gasteiger partial charge in [0.2, 0.25) is 0 Å². The summed E-state index contributed by atoms with van der Waals surface area (Å²) in [5.41, 5.74) is 1.12. The van der Waals surface area contributed by atoms with E-state index in [9.17, 15) is 0 Å². The SMILES string of the molecule is Cn1cc(CNc2ccc(Cl)cn2)cn1. The Hall–Kier alpha value is -1.55. The normalized spacial score (nSPS) is 10.3. The van der Waals surface area contributed by atoms with Gasteiger partial charge in [-0.25, -0.2) is 4.98 Å². The van der Waals surface area contributed by atoms with E-state index in [0.29, 0.717) is 11.6 Å². The zero-order valence-electron chi connectivity index (χ0n) is 8.31. The van der Waals surface area contributed by atoms with Crippen molar-refractivity contribution >= 4 is 17.4 Å². The van der Waals surface area contributed by atoms with E-state index in [4.69, 9.17) is 11.6 Å². The number of hydrogen-bond acceptors (Lipinski definition) is 3. The molecule has 0 saturated heterocycles. The van der Waals surface area contributed by atoms with E-state index in [-0.39, 0.29) is 0 Å². The molecule has 0 aliphatic heterocycles. The zero-order valence-corrected chi connectivity index (χ0v) is 9.07. The lowest BCUT2D eigenvalue weighted by atomic mass is 10.3. The van der Waals surface area contributed by atoms with Gasteiger partial charge in [-0.05, 0) is 12.1 Å². The van der Waals surface area contributed by atoms with Crippen molar-refractivity contribution in [2.24, 2.45) is 7.05 Å². The van der Waals surface area contributed by atoms with Crippen molar-refractivity contribution in [1.29, 1.82) is 0 Å². The minimum Gasteiger partial charge on any atom is -0.366 e. The summed E-state index contributed by atoms with van der Waals surface area (Å²) in [4.78, 5) is 4.13. The van der Waals surface area contributed by atoms with Gasteiger partial charge in [0.05, 0.1) is 11.2 Å². The van der Waals surface area contributed by atoms with E-state index < -0.39 is 0 Å². The zero-order chi connectivity index (χ0) is 10.7. The topological polar surface area (TPSA) is 42.7 Å². The van der Waals surface area contributed by atoms with E-state index in [1.807, 2.05) is 25.5 Å². The van der Waals surface area contributed by atoms with Gasteiger partial charge >= 0.3 is 0 Å². The lowest BCUT2D eigenvalue weighted by Crippen LogP contribution is -1.99. The van der Waals surface area contributed by atoms with Gasteiger partial charge < -0.3 is 5.32 Å². The van der Waals surface area contributed by atoms with Crippen molar-refractivity contribution in [3.8, 4) is 0 Å². The minimum atomic E-state index is 0.641. The molecule has 2 rings (SSSR count). The molecule has 2 aromatic heterocycles. The van der Waals surface area contributed by atoms with E-state index in [2.05, 4.69) is 15.4 Å². The fourth-order valence-electron chi connectivity index (χ4n) is 1.24. The Morgan fingerprint density at radius 3 is 2.87 bits per heavy atom. The summed E-state index contributed by atoms with van der Waals surface area (Å²) in [5, 5.41) is 7.90. The number of aryl methyl sites for hydroxylation is 1. The number of anilines is 1. The molecule has 0 aliphatic carbocycles. The lowest BCUT2D eigenvalue weighted by Gasteiger charge is -2.02. The third-order valence-electron chi connectivity index (χ3n) is 1.96. The fraction of sp³-hybridized carbons (Fsp3) is 0.200. The molecule has 0 aromatic carbocycles. The van der Waals surface area contributed by atoms with Gasteiger partial charge in [-0.2, -0.15) is 5.10 Å². The van der Waals surface area contributed by atoms with Crippen molar-refractivity contribution in [3.05, 3.63) is 41.3 Å². The summed E-state index contributed by atoms with van der Waals surface area (Å²) in [7, 11) is 1.89. The maximum atomic E-state index is 5.73. The van der Waals surface area contributed by atoms with E-state index in [1.165, 1.54) is 0 Å². The second kappa shape index (κ2) is 4.31. The first-order valence-corrected chi connectivity index (χ1v) is 4.95. The number of halogens is 1. The molecule has 0 saturated carbocycles. The summed E-state index contributed by atoms with van der Waals surface area (Å²) in [6.45, 7) is 0.711. The number of rotatable bonds is 3. The Morgan fingerprint density at radius 2 is 2.27 bits per heavy atom. The molecule has 0 radical (unpaired) electrons. The molecular formula is C10H11ClN4. The van der Waals surface area contributed by atoms with Crippen LogP contribution in [0.5, 0.6) is 0 Å². The van der Waals surface area contributed by atoms with E-state index >= 15 is 0 Å². The molecule has 2 heterocycles. The quantitative estimate of drug-likeness (QED) is 0.865. The second-order valence-corrected chi connectivity index (χ2v) is 3.67.